The fourth-order valence-corrected chi connectivity index (χ4v) is 5.01. The minimum absolute atomic E-state index is 0.256. The molecule has 134 valence electrons. The number of fused-ring (bicyclic) bond motifs is 5. The molecule has 1 atom stereocenters. The lowest BCUT2D eigenvalue weighted by atomic mass is 9.87. The molecule has 0 saturated heterocycles. The molecule has 0 aromatic heterocycles. The van der Waals surface area contributed by atoms with E-state index in [1.807, 2.05) is 12.1 Å². The van der Waals surface area contributed by atoms with Crippen LogP contribution >= 0.6 is 15.9 Å². The molecule has 4 aromatic rings. The first-order valence-corrected chi connectivity index (χ1v) is 10.3. The van der Waals surface area contributed by atoms with E-state index in [9.17, 15) is 0 Å². The maximum atomic E-state index is 6.15. The molecule has 1 heterocycles. The van der Waals surface area contributed by atoms with Crippen LogP contribution in [-0.2, 0) is 6.42 Å². The minimum atomic E-state index is 0.256. The van der Waals surface area contributed by atoms with E-state index in [1.165, 1.54) is 38.9 Å². The van der Waals surface area contributed by atoms with Crippen LogP contribution < -0.4 is 4.74 Å². The highest BCUT2D eigenvalue weighted by Crippen LogP contribution is 2.49. The summed E-state index contributed by atoms with van der Waals surface area (Å²) in [6.07, 6.45) is 0.916. The molecule has 0 fully saturated rings. The summed E-state index contributed by atoms with van der Waals surface area (Å²) in [6.45, 7) is 0. The van der Waals surface area contributed by atoms with Crippen molar-refractivity contribution in [2.45, 2.75) is 12.3 Å². The van der Waals surface area contributed by atoms with Gasteiger partial charge in [0.1, 0.15) is 11.5 Å². The first kappa shape index (κ1) is 16.1. The Labute approximate surface area is 172 Å². The molecule has 1 aliphatic heterocycles. The first-order chi connectivity index (χ1) is 13.8. The SMILES string of the molecule is Brc1ccc2c(c1)C(c1ccc3c(c1)Cc1ccccc1O3)c1ccccc1-2. The van der Waals surface area contributed by atoms with E-state index in [2.05, 4.69) is 88.7 Å². The van der Waals surface area contributed by atoms with Crippen LogP contribution in [0.5, 0.6) is 11.5 Å². The Hall–Kier alpha value is -2.84. The van der Waals surface area contributed by atoms with Crippen molar-refractivity contribution in [3.63, 3.8) is 0 Å². The second-order valence-corrected chi connectivity index (χ2v) is 8.42. The normalized spacial score (nSPS) is 15.8. The van der Waals surface area contributed by atoms with Gasteiger partial charge in [-0.1, -0.05) is 76.6 Å². The molecule has 6 rings (SSSR count). The molecular weight excluding hydrogens is 408 g/mol. The van der Waals surface area contributed by atoms with Gasteiger partial charge in [0.15, 0.2) is 0 Å². The van der Waals surface area contributed by atoms with E-state index in [0.717, 1.165) is 22.4 Å². The van der Waals surface area contributed by atoms with E-state index in [1.54, 1.807) is 0 Å². The predicted molar refractivity (Wildman–Crippen MR) is 116 cm³/mol. The van der Waals surface area contributed by atoms with Gasteiger partial charge in [-0.3, -0.25) is 0 Å². The van der Waals surface area contributed by atoms with E-state index >= 15 is 0 Å². The van der Waals surface area contributed by atoms with Crippen LogP contribution in [0.3, 0.4) is 0 Å². The smallest absolute Gasteiger partial charge is 0.130 e. The average molecular weight is 425 g/mol. The average Bonchev–Trinajstić information content (AvgIpc) is 3.05. The summed E-state index contributed by atoms with van der Waals surface area (Å²) in [5.41, 5.74) is 9.27. The van der Waals surface area contributed by atoms with Crippen molar-refractivity contribution in [3.8, 4) is 22.6 Å². The molecule has 2 heteroatoms. The third-order valence-corrected chi connectivity index (χ3v) is 6.37. The van der Waals surface area contributed by atoms with Gasteiger partial charge < -0.3 is 4.74 Å². The third kappa shape index (κ3) is 2.38. The summed E-state index contributed by atoms with van der Waals surface area (Å²) >= 11 is 3.67. The lowest BCUT2D eigenvalue weighted by Gasteiger charge is -2.22. The molecule has 1 aliphatic carbocycles. The highest BCUT2D eigenvalue weighted by atomic mass is 79.9. The van der Waals surface area contributed by atoms with Gasteiger partial charge in [0.05, 0.1) is 0 Å². The Kier molecular flexibility index (Phi) is 3.51. The summed E-state index contributed by atoms with van der Waals surface area (Å²) < 4.78 is 7.27. The van der Waals surface area contributed by atoms with Crippen molar-refractivity contribution >= 4 is 15.9 Å². The van der Waals surface area contributed by atoms with Crippen molar-refractivity contribution in [1.29, 1.82) is 0 Å². The monoisotopic (exact) mass is 424 g/mol. The van der Waals surface area contributed by atoms with Gasteiger partial charge in [0, 0.05) is 16.8 Å². The third-order valence-electron chi connectivity index (χ3n) is 5.88. The Morgan fingerprint density at radius 3 is 2.43 bits per heavy atom. The molecule has 4 aromatic carbocycles. The van der Waals surface area contributed by atoms with Crippen molar-refractivity contribution in [2.24, 2.45) is 0 Å². The van der Waals surface area contributed by atoms with Crippen LogP contribution in [0.1, 0.15) is 33.7 Å². The van der Waals surface area contributed by atoms with Gasteiger partial charge in [-0.15, -0.1) is 0 Å². The summed E-state index contributed by atoms with van der Waals surface area (Å²) in [6, 6.07) is 30.4. The molecule has 0 amide bonds. The topological polar surface area (TPSA) is 9.23 Å². The standard InChI is InChI=1S/C26H17BrO/c27-19-10-11-21-20-6-2-3-7-22(20)26(23(21)15-19)17-9-12-25-18(14-17)13-16-5-1-4-8-24(16)28-25/h1-12,14-15,26H,13H2. The minimum Gasteiger partial charge on any atom is -0.457 e. The van der Waals surface area contributed by atoms with Crippen molar-refractivity contribution in [1.82, 2.24) is 0 Å². The van der Waals surface area contributed by atoms with Crippen LogP contribution in [0.4, 0.5) is 0 Å². The second-order valence-electron chi connectivity index (χ2n) is 7.51. The highest BCUT2D eigenvalue weighted by Gasteiger charge is 2.30. The zero-order valence-corrected chi connectivity index (χ0v) is 16.7. The van der Waals surface area contributed by atoms with Crippen molar-refractivity contribution in [3.05, 3.63) is 117 Å². The summed E-state index contributed by atoms with van der Waals surface area (Å²) in [7, 11) is 0. The van der Waals surface area contributed by atoms with Crippen molar-refractivity contribution < 1.29 is 4.74 Å². The Balaban J connectivity index is 1.50. The largest absolute Gasteiger partial charge is 0.457 e. The van der Waals surface area contributed by atoms with Crippen LogP contribution in [0.15, 0.2) is 89.4 Å². The number of rotatable bonds is 1. The van der Waals surface area contributed by atoms with Gasteiger partial charge in [0.25, 0.3) is 0 Å². The van der Waals surface area contributed by atoms with Gasteiger partial charge >= 0.3 is 0 Å². The maximum absolute atomic E-state index is 6.15. The molecule has 0 saturated carbocycles. The van der Waals surface area contributed by atoms with E-state index in [0.29, 0.717) is 0 Å². The van der Waals surface area contributed by atoms with Gasteiger partial charge in [-0.05, 0) is 63.2 Å². The number of hydrogen-bond donors (Lipinski definition) is 0. The first-order valence-electron chi connectivity index (χ1n) is 9.55. The molecule has 0 bridgehead atoms. The van der Waals surface area contributed by atoms with Crippen LogP contribution in [-0.4, -0.2) is 0 Å². The molecular formula is C26H17BrO. The highest BCUT2D eigenvalue weighted by molar-refractivity contribution is 9.10. The Morgan fingerprint density at radius 1 is 0.679 bits per heavy atom. The maximum Gasteiger partial charge on any atom is 0.130 e. The molecule has 1 nitrogen and oxygen atoms in total. The number of benzene rings is 4. The lowest BCUT2D eigenvalue weighted by molar-refractivity contribution is 0.459. The number of ether oxygens (including phenoxy) is 1. The molecule has 28 heavy (non-hydrogen) atoms. The molecule has 0 spiro atoms. The zero-order valence-electron chi connectivity index (χ0n) is 15.2. The fraction of sp³-hybridized carbons (Fsp3) is 0.0769. The lowest BCUT2D eigenvalue weighted by Crippen LogP contribution is -2.06. The molecule has 0 radical (unpaired) electrons. The summed E-state index contributed by atoms with van der Waals surface area (Å²) in [4.78, 5) is 0. The van der Waals surface area contributed by atoms with E-state index in [-0.39, 0.29) is 5.92 Å². The molecule has 1 unspecified atom stereocenters. The Morgan fingerprint density at radius 2 is 1.46 bits per heavy atom. The second kappa shape index (κ2) is 6.08. The van der Waals surface area contributed by atoms with Crippen LogP contribution in [0, 0.1) is 0 Å². The summed E-state index contributed by atoms with van der Waals surface area (Å²) in [5.74, 6) is 2.21. The van der Waals surface area contributed by atoms with Crippen LogP contribution in [0.2, 0.25) is 0 Å². The van der Waals surface area contributed by atoms with Crippen LogP contribution in [0.25, 0.3) is 11.1 Å². The van der Waals surface area contributed by atoms with Gasteiger partial charge in [-0.25, -0.2) is 0 Å². The fourth-order valence-electron chi connectivity index (χ4n) is 4.63. The van der Waals surface area contributed by atoms with E-state index < -0.39 is 0 Å². The predicted octanol–water partition coefficient (Wildman–Crippen LogP) is 7.31. The quantitative estimate of drug-likeness (QED) is 0.268. The number of para-hydroxylation sites is 1. The molecule has 0 N–H and O–H groups in total. The number of hydrogen-bond acceptors (Lipinski definition) is 1. The van der Waals surface area contributed by atoms with Crippen molar-refractivity contribution in [2.75, 3.05) is 0 Å². The van der Waals surface area contributed by atoms with Gasteiger partial charge in [-0.2, -0.15) is 0 Å². The summed E-state index contributed by atoms with van der Waals surface area (Å²) in [5, 5.41) is 0. The van der Waals surface area contributed by atoms with E-state index in [4.69, 9.17) is 4.74 Å². The Bertz CT molecular complexity index is 1240. The zero-order chi connectivity index (χ0) is 18.7. The number of halogens is 1. The molecule has 2 aliphatic rings. The van der Waals surface area contributed by atoms with Gasteiger partial charge in [0.2, 0.25) is 0 Å².